The number of allylic oxidation sites excluding steroid dienone is 2. The van der Waals surface area contributed by atoms with Crippen molar-refractivity contribution >= 4 is 19.2 Å². The van der Waals surface area contributed by atoms with Crippen LogP contribution in [0.1, 0.15) is 59.8 Å². The van der Waals surface area contributed by atoms with Gasteiger partial charge < -0.3 is 5.32 Å². The molecule has 0 heterocycles. The lowest BCUT2D eigenvalue weighted by atomic mass is 9.60. The second kappa shape index (κ2) is 8.92. The first-order valence-electron chi connectivity index (χ1n) is 12.1. The maximum Gasteiger partial charge on any atom is 0.109 e. The van der Waals surface area contributed by atoms with Gasteiger partial charge in [0, 0.05) is 11.6 Å². The van der Waals surface area contributed by atoms with Crippen LogP contribution in [0.5, 0.6) is 0 Å². The third kappa shape index (κ3) is 4.13. The van der Waals surface area contributed by atoms with Crippen LogP contribution < -0.4 is 15.7 Å². The number of rotatable bonds is 5. The van der Waals surface area contributed by atoms with E-state index in [9.17, 15) is 0 Å². The van der Waals surface area contributed by atoms with Crippen molar-refractivity contribution < 1.29 is 0 Å². The van der Waals surface area contributed by atoms with Crippen molar-refractivity contribution in [1.29, 1.82) is 0 Å². The Labute approximate surface area is 191 Å². The van der Waals surface area contributed by atoms with Crippen molar-refractivity contribution in [2.75, 3.05) is 0 Å². The average molecular weight is 430 g/mol. The first-order chi connectivity index (χ1) is 14.9. The average Bonchev–Trinajstić information content (AvgIpc) is 3.27. The van der Waals surface area contributed by atoms with E-state index in [0.29, 0.717) is 6.04 Å². The van der Waals surface area contributed by atoms with E-state index in [1.807, 2.05) is 0 Å². The molecule has 2 aromatic rings. The molecule has 0 bridgehead atoms. The van der Waals surface area contributed by atoms with E-state index in [4.69, 9.17) is 0 Å². The summed E-state index contributed by atoms with van der Waals surface area (Å²) in [5.74, 6) is 0. The van der Waals surface area contributed by atoms with Crippen LogP contribution in [0.4, 0.5) is 0 Å². The summed E-state index contributed by atoms with van der Waals surface area (Å²) >= 11 is 0. The number of hydrogen-bond donors (Lipinski definition) is 1. The van der Waals surface area contributed by atoms with Gasteiger partial charge in [0.15, 0.2) is 0 Å². The Balaban J connectivity index is 1.84. The maximum atomic E-state index is 4.11. The van der Waals surface area contributed by atoms with Gasteiger partial charge in [0.1, 0.15) is 8.80 Å². The van der Waals surface area contributed by atoms with Crippen LogP contribution in [0.3, 0.4) is 0 Å². The minimum Gasteiger partial charge on any atom is -0.301 e. The summed E-state index contributed by atoms with van der Waals surface area (Å²) in [5.41, 5.74) is 0.202. The zero-order valence-corrected chi connectivity index (χ0v) is 20.9. The highest BCUT2D eigenvalue weighted by atomic mass is 28.3. The Bertz CT molecular complexity index is 865. The zero-order valence-electron chi connectivity index (χ0n) is 19.8. The second-order valence-corrected chi connectivity index (χ2v) is 14.1. The monoisotopic (exact) mass is 429 g/mol. The highest BCUT2D eigenvalue weighted by Crippen LogP contribution is 2.59. The Kier molecular flexibility index (Phi) is 6.41. The van der Waals surface area contributed by atoms with E-state index in [2.05, 4.69) is 118 Å². The molecule has 2 heteroatoms. The molecule has 31 heavy (non-hydrogen) atoms. The van der Waals surface area contributed by atoms with Crippen LogP contribution in [0, 0.1) is 5.41 Å². The first kappa shape index (κ1) is 22.3. The smallest absolute Gasteiger partial charge is 0.109 e. The van der Waals surface area contributed by atoms with Crippen LogP contribution in [-0.4, -0.2) is 20.4 Å². The molecule has 2 aliphatic carbocycles. The Morgan fingerprint density at radius 2 is 1.23 bits per heavy atom. The molecule has 1 saturated carbocycles. The predicted octanol–water partition coefficient (Wildman–Crippen LogP) is 5.62. The molecule has 1 N–H and O–H groups in total. The summed E-state index contributed by atoms with van der Waals surface area (Å²) in [5, 5.41) is 7.51. The molecule has 0 aliphatic heterocycles. The molecule has 2 aromatic carbocycles. The Hall–Kier alpha value is -1.90. The van der Waals surface area contributed by atoms with Crippen molar-refractivity contribution in [3.8, 4) is 0 Å². The van der Waals surface area contributed by atoms with Crippen molar-refractivity contribution in [2.45, 2.75) is 76.4 Å². The van der Waals surface area contributed by atoms with Crippen molar-refractivity contribution in [3.05, 3.63) is 85.0 Å². The molecule has 164 valence electrons. The van der Waals surface area contributed by atoms with Gasteiger partial charge in [0.2, 0.25) is 0 Å². The molecule has 0 amide bonds. The minimum atomic E-state index is -1.53. The van der Waals surface area contributed by atoms with Gasteiger partial charge in [-0.2, -0.15) is 0 Å². The summed E-state index contributed by atoms with van der Waals surface area (Å²) in [4.78, 5) is 0. The lowest BCUT2D eigenvalue weighted by Crippen LogP contribution is -2.66. The van der Waals surface area contributed by atoms with Crippen LogP contribution in [0.25, 0.3) is 0 Å². The van der Waals surface area contributed by atoms with E-state index in [-0.39, 0.29) is 16.0 Å². The van der Waals surface area contributed by atoms with Gasteiger partial charge in [-0.15, -0.1) is 0 Å². The van der Waals surface area contributed by atoms with Gasteiger partial charge in [-0.1, -0.05) is 135 Å². The maximum absolute atomic E-state index is 4.11. The molecular weight excluding hydrogens is 390 g/mol. The first-order valence-corrected chi connectivity index (χ1v) is 13.8. The minimum absolute atomic E-state index is 0.0701. The van der Waals surface area contributed by atoms with Gasteiger partial charge in [0.25, 0.3) is 0 Å². The number of hydrogen-bond acceptors (Lipinski definition) is 1. The zero-order chi connectivity index (χ0) is 22.0. The summed E-state index contributed by atoms with van der Waals surface area (Å²) in [6, 6.07) is 23.2. The van der Waals surface area contributed by atoms with Crippen molar-refractivity contribution in [3.63, 3.8) is 0 Å². The third-order valence-electron chi connectivity index (χ3n) is 8.82. The Morgan fingerprint density at radius 1 is 0.710 bits per heavy atom. The van der Waals surface area contributed by atoms with Crippen molar-refractivity contribution in [1.82, 2.24) is 5.32 Å². The topological polar surface area (TPSA) is 12.0 Å². The van der Waals surface area contributed by atoms with Crippen LogP contribution >= 0.6 is 0 Å². The summed E-state index contributed by atoms with van der Waals surface area (Å²) in [7, 11) is -1.53. The Morgan fingerprint density at radius 3 is 1.77 bits per heavy atom. The molecular formula is C29H39NSi. The molecule has 2 unspecified atom stereocenters. The highest BCUT2D eigenvalue weighted by Gasteiger charge is 2.57. The molecule has 0 spiro atoms. The third-order valence-corrected chi connectivity index (χ3v) is 13.2. The van der Waals surface area contributed by atoms with E-state index < -0.39 is 8.80 Å². The molecule has 0 aromatic heterocycles. The quantitative estimate of drug-likeness (QED) is 0.608. The molecule has 0 radical (unpaired) electrons. The van der Waals surface area contributed by atoms with E-state index in [0.717, 1.165) is 0 Å². The SMILES string of the molecule is CC1(NC2C=CC=C2)CCCCCC(C)([SiH](c2ccccc2)c2ccccc2)C1(C)C. The molecule has 2 aliphatic rings. The molecule has 1 nitrogen and oxygen atoms in total. The summed E-state index contributed by atoms with van der Waals surface area (Å²) in [6.45, 7) is 10.3. The van der Waals surface area contributed by atoms with Gasteiger partial charge >= 0.3 is 0 Å². The van der Waals surface area contributed by atoms with E-state index in [1.165, 1.54) is 32.1 Å². The number of benzene rings is 2. The van der Waals surface area contributed by atoms with E-state index >= 15 is 0 Å². The molecule has 0 saturated heterocycles. The fourth-order valence-electron chi connectivity index (χ4n) is 6.28. The van der Waals surface area contributed by atoms with E-state index in [1.54, 1.807) is 10.4 Å². The lowest BCUT2D eigenvalue weighted by Gasteiger charge is -2.60. The summed E-state index contributed by atoms with van der Waals surface area (Å²) in [6.07, 6.45) is 15.5. The van der Waals surface area contributed by atoms with Gasteiger partial charge in [-0.25, -0.2) is 0 Å². The van der Waals surface area contributed by atoms with Gasteiger partial charge in [-0.05, 0) is 30.2 Å². The van der Waals surface area contributed by atoms with Crippen molar-refractivity contribution in [2.24, 2.45) is 5.41 Å². The lowest BCUT2D eigenvalue weighted by molar-refractivity contribution is 0.0543. The predicted molar refractivity (Wildman–Crippen MR) is 138 cm³/mol. The number of nitrogens with one attached hydrogen (secondary N) is 1. The summed E-state index contributed by atoms with van der Waals surface area (Å²) < 4.78 is 0. The second-order valence-electron chi connectivity index (χ2n) is 10.6. The molecule has 2 atom stereocenters. The van der Waals surface area contributed by atoms with Crippen LogP contribution in [-0.2, 0) is 0 Å². The van der Waals surface area contributed by atoms with Crippen LogP contribution in [0.2, 0.25) is 5.04 Å². The molecule has 4 rings (SSSR count). The fourth-order valence-corrected chi connectivity index (χ4v) is 10.9. The van der Waals surface area contributed by atoms with Gasteiger partial charge in [-0.3, -0.25) is 0 Å². The fraction of sp³-hybridized carbons (Fsp3) is 0.448. The molecule has 1 fully saturated rings. The largest absolute Gasteiger partial charge is 0.301 e. The highest BCUT2D eigenvalue weighted by molar-refractivity contribution is 6.87. The van der Waals surface area contributed by atoms with Crippen LogP contribution in [0.15, 0.2) is 85.0 Å². The van der Waals surface area contributed by atoms with Gasteiger partial charge in [0.05, 0.1) is 0 Å². The standard InChI is InChI=1S/C29H39NSi/c1-27(2)28(3,30-24-16-12-13-17-24)22-14-7-15-23-29(27,4)31(25-18-8-5-9-19-25)26-20-10-6-11-21-26/h5-6,8-13,16-21,24,30-31H,7,14-15,22-23H2,1-4H3. The normalized spacial score (nSPS) is 28.5.